The molecule has 102 valence electrons. The number of benzene rings is 1. The highest BCUT2D eigenvalue weighted by Crippen LogP contribution is 2.24. The van der Waals surface area contributed by atoms with Crippen LogP contribution in [0.15, 0.2) is 30.7 Å². The Kier molecular flexibility index (Phi) is 3.02. The number of fused-ring (bicyclic) bond motifs is 1. The summed E-state index contributed by atoms with van der Waals surface area (Å²) in [5.41, 5.74) is 0.815. The van der Waals surface area contributed by atoms with E-state index in [1.165, 1.54) is 12.4 Å². The normalized spacial score (nSPS) is 12.6. The molecule has 1 aromatic carbocycles. The average molecular weight is 275 g/mol. The van der Waals surface area contributed by atoms with Crippen LogP contribution in [0.3, 0.4) is 0 Å². The van der Waals surface area contributed by atoms with Crippen LogP contribution in [0, 0.1) is 11.6 Å². The van der Waals surface area contributed by atoms with Crippen molar-refractivity contribution in [2.75, 3.05) is 5.32 Å². The number of anilines is 1. The Morgan fingerprint density at radius 1 is 1.25 bits per heavy atom. The maximum absolute atomic E-state index is 13.7. The van der Waals surface area contributed by atoms with Crippen LogP contribution in [0.2, 0.25) is 0 Å². The van der Waals surface area contributed by atoms with Gasteiger partial charge in [0.2, 0.25) is 0 Å². The summed E-state index contributed by atoms with van der Waals surface area (Å²) in [4.78, 5) is 8.11. The second kappa shape index (κ2) is 4.84. The first-order valence-electron chi connectivity index (χ1n) is 6.00. The molecule has 2 aromatic heterocycles. The lowest BCUT2D eigenvalue weighted by Gasteiger charge is -2.16. The van der Waals surface area contributed by atoms with Gasteiger partial charge < -0.3 is 5.32 Å². The predicted molar refractivity (Wildman–Crippen MR) is 70.1 cm³/mol. The molecule has 3 rings (SSSR count). The number of H-pyrrole nitrogens is 1. The summed E-state index contributed by atoms with van der Waals surface area (Å²) in [5, 5.41) is 10.3. The van der Waals surface area contributed by atoms with E-state index in [2.05, 4.69) is 25.5 Å². The summed E-state index contributed by atoms with van der Waals surface area (Å²) >= 11 is 0. The van der Waals surface area contributed by atoms with Gasteiger partial charge in [0.25, 0.3) is 0 Å². The van der Waals surface area contributed by atoms with Crippen molar-refractivity contribution in [1.29, 1.82) is 0 Å². The fraction of sp³-hybridized carbons (Fsp3) is 0.154. The van der Waals surface area contributed by atoms with Crippen LogP contribution in [0.5, 0.6) is 0 Å². The van der Waals surface area contributed by atoms with E-state index in [0.29, 0.717) is 16.9 Å². The molecule has 0 radical (unpaired) electrons. The highest BCUT2D eigenvalue weighted by molar-refractivity contribution is 5.85. The molecule has 0 saturated carbocycles. The monoisotopic (exact) mass is 275 g/mol. The Balaban J connectivity index is 1.94. The predicted octanol–water partition coefficient (Wildman–Crippen LogP) is 2.80. The minimum absolute atomic E-state index is 0.236. The third kappa shape index (κ3) is 2.18. The van der Waals surface area contributed by atoms with Crippen LogP contribution in [0.4, 0.5) is 14.6 Å². The van der Waals surface area contributed by atoms with Crippen LogP contribution in [0.1, 0.15) is 18.5 Å². The van der Waals surface area contributed by atoms with Gasteiger partial charge in [0.15, 0.2) is 5.65 Å². The van der Waals surface area contributed by atoms with Crippen LogP contribution >= 0.6 is 0 Å². The molecule has 1 atom stereocenters. The molecule has 7 heteroatoms. The van der Waals surface area contributed by atoms with E-state index < -0.39 is 17.7 Å². The number of nitrogens with zero attached hydrogens (tertiary/aromatic N) is 3. The molecule has 0 unspecified atom stereocenters. The van der Waals surface area contributed by atoms with E-state index in [1.54, 1.807) is 13.1 Å². The van der Waals surface area contributed by atoms with Gasteiger partial charge in [-0.2, -0.15) is 5.10 Å². The Morgan fingerprint density at radius 3 is 2.95 bits per heavy atom. The molecule has 0 amide bonds. The van der Waals surface area contributed by atoms with Crippen LogP contribution in [-0.2, 0) is 0 Å². The molecule has 0 saturated heterocycles. The van der Waals surface area contributed by atoms with E-state index in [0.717, 1.165) is 12.1 Å². The van der Waals surface area contributed by atoms with Gasteiger partial charge in [-0.05, 0) is 25.1 Å². The summed E-state index contributed by atoms with van der Waals surface area (Å²) in [5.74, 6) is -0.435. The summed E-state index contributed by atoms with van der Waals surface area (Å²) in [7, 11) is 0. The minimum Gasteiger partial charge on any atom is -0.363 e. The van der Waals surface area contributed by atoms with E-state index in [-0.39, 0.29) is 5.56 Å². The van der Waals surface area contributed by atoms with Gasteiger partial charge in [-0.1, -0.05) is 0 Å². The average Bonchev–Trinajstić information content (AvgIpc) is 2.91. The van der Waals surface area contributed by atoms with Crippen molar-refractivity contribution in [3.05, 3.63) is 47.9 Å². The maximum Gasteiger partial charge on any atom is 0.160 e. The lowest BCUT2D eigenvalue weighted by Crippen LogP contribution is -2.10. The zero-order valence-electron chi connectivity index (χ0n) is 10.6. The minimum atomic E-state index is -0.480. The van der Waals surface area contributed by atoms with Gasteiger partial charge in [0.05, 0.1) is 17.6 Å². The molecule has 0 spiro atoms. The lowest BCUT2D eigenvalue weighted by molar-refractivity contribution is 0.577. The van der Waals surface area contributed by atoms with Crippen molar-refractivity contribution in [3.8, 4) is 0 Å². The van der Waals surface area contributed by atoms with Gasteiger partial charge in [-0.3, -0.25) is 5.10 Å². The highest BCUT2D eigenvalue weighted by atomic mass is 19.1. The Morgan fingerprint density at radius 2 is 2.10 bits per heavy atom. The van der Waals surface area contributed by atoms with Gasteiger partial charge in [-0.15, -0.1) is 0 Å². The molecule has 0 bridgehead atoms. The van der Waals surface area contributed by atoms with Crippen molar-refractivity contribution in [3.63, 3.8) is 0 Å². The molecule has 0 aliphatic rings. The van der Waals surface area contributed by atoms with E-state index >= 15 is 0 Å². The topological polar surface area (TPSA) is 66.5 Å². The molecule has 0 aliphatic heterocycles. The fourth-order valence-electron chi connectivity index (χ4n) is 2.01. The first-order valence-corrected chi connectivity index (χ1v) is 6.00. The lowest BCUT2D eigenvalue weighted by atomic mass is 10.1. The number of nitrogens with one attached hydrogen (secondary N) is 2. The second-order valence-electron chi connectivity index (χ2n) is 4.39. The molecule has 0 fully saturated rings. The smallest absolute Gasteiger partial charge is 0.160 e. The fourth-order valence-corrected chi connectivity index (χ4v) is 2.01. The van der Waals surface area contributed by atoms with E-state index in [1.807, 2.05) is 0 Å². The Labute approximate surface area is 113 Å². The van der Waals surface area contributed by atoms with Gasteiger partial charge in [0.1, 0.15) is 23.8 Å². The van der Waals surface area contributed by atoms with Crippen molar-refractivity contribution < 1.29 is 8.78 Å². The second-order valence-corrected chi connectivity index (χ2v) is 4.39. The summed E-state index contributed by atoms with van der Waals surface area (Å²) < 4.78 is 26.9. The molecule has 3 aromatic rings. The van der Waals surface area contributed by atoms with Gasteiger partial charge >= 0.3 is 0 Å². The third-order valence-corrected chi connectivity index (χ3v) is 3.03. The number of rotatable bonds is 3. The number of hydrogen-bond donors (Lipinski definition) is 2. The van der Waals surface area contributed by atoms with Crippen molar-refractivity contribution in [1.82, 2.24) is 20.2 Å². The van der Waals surface area contributed by atoms with Crippen molar-refractivity contribution in [2.45, 2.75) is 13.0 Å². The first-order chi connectivity index (χ1) is 9.65. The molecule has 5 nitrogen and oxygen atoms in total. The van der Waals surface area contributed by atoms with Gasteiger partial charge in [0, 0.05) is 5.56 Å². The molecule has 2 heterocycles. The summed E-state index contributed by atoms with van der Waals surface area (Å²) in [6.07, 6.45) is 2.95. The van der Waals surface area contributed by atoms with E-state index in [4.69, 9.17) is 0 Å². The number of halogens is 2. The maximum atomic E-state index is 13.7. The molecule has 20 heavy (non-hydrogen) atoms. The Hall–Kier alpha value is -2.57. The zero-order chi connectivity index (χ0) is 14.1. The molecular formula is C13H11F2N5. The summed E-state index contributed by atoms with van der Waals surface area (Å²) in [6, 6.07) is 2.92. The SMILES string of the molecule is C[C@H](Nc1ncnc2[nH]ncc12)c1cc(F)ccc1F. The van der Waals surface area contributed by atoms with Crippen LogP contribution in [-0.4, -0.2) is 20.2 Å². The van der Waals surface area contributed by atoms with Crippen LogP contribution in [0.25, 0.3) is 11.0 Å². The van der Waals surface area contributed by atoms with Gasteiger partial charge in [-0.25, -0.2) is 18.7 Å². The zero-order valence-corrected chi connectivity index (χ0v) is 10.6. The number of aromatic nitrogens is 4. The van der Waals surface area contributed by atoms with E-state index in [9.17, 15) is 8.78 Å². The van der Waals surface area contributed by atoms with Crippen LogP contribution < -0.4 is 5.32 Å². The third-order valence-electron chi connectivity index (χ3n) is 3.03. The Bertz CT molecular complexity index is 755. The number of aromatic amines is 1. The number of hydrogen-bond acceptors (Lipinski definition) is 4. The molecule has 2 N–H and O–H groups in total. The molecule has 0 aliphatic carbocycles. The van der Waals surface area contributed by atoms with Crippen molar-refractivity contribution >= 4 is 16.9 Å². The largest absolute Gasteiger partial charge is 0.363 e. The standard InChI is InChI=1S/C13H11F2N5/c1-7(9-4-8(14)2-3-11(9)15)19-12-10-5-18-20-13(10)17-6-16-12/h2-7H,1H3,(H2,16,17,18,19,20)/t7-/m0/s1. The first kappa shape index (κ1) is 12.5. The molecular weight excluding hydrogens is 264 g/mol. The quantitative estimate of drug-likeness (QED) is 0.771. The van der Waals surface area contributed by atoms with Crippen molar-refractivity contribution in [2.24, 2.45) is 0 Å². The summed E-state index contributed by atoms with van der Waals surface area (Å²) in [6.45, 7) is 1.73. The highest BCUT2D eigenvalue weighted by Gasteiger charge is 2.14.